The maximum atomic E-state index is 5.83. The van der Waals surface area contributed by atoms with Crippen LogP contribution in [0.15, 0.2) is 12.3 Å². The van der Waals surface area contributed by atoms with Gasteiger partial charge in [0.1, 0.15) is 0 Å². The molecule has 0 saturated carbocycles. The zero-order chi connectivity index (χ0) is 12.0. The summed E-state index contributed by atoms with van der Waals surface area (Å²) < 4.78 is 5.09. The van der Waals surface area contributed by atoms with Gasteiger partial charge in [-0.15, -0.1) is 5.10 Å². The van der Waals surface area contributed by atoms with Gasteiger partial charge in [0, 0.05) is 26.3 Å². The van der Waals surface area contributed by atoms with Gasteiger partial charge in [0.05, 0.1) is 18.5 Å². The quantitative estimate of drug-likeness (QED) is 0.768. The van der Waals surface area contributed by atoms with Gasteiger partial charge in [0.2, 0.25) is 0 Å². The van der Waals surface area contributed by atoms with Crippen LogP contribution in [0.1, 0.15) is 13.8 Å². The fraction of sp³-hybridized carbons (Fsp3) is 0.636. The van der Waals surface area contributed by atoms with E-state index in [1.807, 2.05) is 6.07 Å². The zero-order valence-electron chi connectivity index (χ0n) is 9.98. The molecule has 1 aromatic heterocycles. The van der Waals surface area contributed by atoms with E-state index in [1.165, 1.54) is 0 Å². The molecule has 16 heavy (non-hydrogen) atoms. The molecular formula is C11H18ClN3O. The van der Waals surface area contributed by atoms with Crippen molar-refractivity contribution < 1.29 is 4.74 Å². The van der Waals surface area contributed by atoms with Crippen molar-refractivity contribution in [2.75, 3.05) is 31.7 Å². The van der Waals surface area contributed by atoms with Crippen molar-refractivity contribution in [3.05, 3.63) is 17.4 Å². The summed E-state index contributed by atoms with van der Waals surface area (Å²) in [4.78, 5) is 2.20. The summed E-state index contributed by atoms with van der Waals surface area (Å²) in [5.74, 6) is 0.573. The van der Waals surface area contributed by atoms with Gasteiger partial charge in [-0.25, -0.2) is 0 Å². The van der Waals surface area contributed by atoms with E-state index in [4.69, 9.17) is 16.3 Å². The average molecular weight is 244 g/mol. The topological polar surface area (TPSA) is 38.2 Å². The minimum Gasteiger partial charge on any atom is -0.383 e. The second kappa shape index (κ2) is 6.66. The Bertz CT molecular complexity index is 320. The Morgan fingerprint density at radius 1 is 1.50 bits per heavy atom. The van der Waals surface area contributed by atoms with Crippen LogP contribution in [0.25, 0.3) is 0 Å². The van der Waals surface area contributed by atoms with Crippen molar-refractivity contribution >= 4 is 17.3 Å². The van der Waals surface area contributed by atoms with Crippen LogP contribution in [0.5, 0.6) is 0 Å². The number of rotatable bonds is 6. The van der Waals surface area contributed by atoms with Crippen LogP contribution in [-0.4, -0.2) is 37.0 Å². The first kappa shape index (κ1) is 13.2. The minimum atomic E-state index is 0.420. The highest BCUT2D eigenvalue weighted by Gasteiger charge is 2.09. The third kappa shape index (κ3) is 4.33. The summed E-state index contributed by atoms with van der Waals surface area (Å²) in [5.41, 5.74) is 0.991. The summed E-state index contributed by atoms with van der Waals surface area (Å²) in [7, 11) is 1.70. The molecule has 0 aromatic carbocycles. The van der Waals surface area contributed by atoms with Gasteiger partial charge in [-0.1, -0.05) is 25.4 Å². The molecule has 0 aliphatic heterocycles. The number of ether oxygens (including phenoxy) is 1. The second-order valence-corrected chi connectivity index (χ2v) is 4.46. The number of hydrogen-bond donors (Lipinski definition) is 0. The maximum absolute atomic E-state index is 5.83. The molecule has 1 rings (SSSR count). The van der Waals surface area contributed by atoms with Crippen LogP contribution in [0.4, 0.5) is 5.69 Å². The van der Waals surface area contributed by atoms with Crippen molar-refractivity contribution in [2.24, 2.45) is 5.92 Å². The van der Waals surface area contributed by atoms with Gasteiger partial charge in [0.25, 0.3) is 0 Å². The summed E-state index contributed by atoms with van der Waals surface area (Å²) in [6.07, 6.45) is 1.73. The number of hydrogen-bond acceptors (Lipinski definition) is 4. The smallest absolute Gasteiger partial charge is 0.153 e. The van der Waals surface area contributed by atoms with E-state index in [1.54, 1.807) is 13.3 Å². The molecular weight excluding hydrogens is 226 g/mol. The predicted octanol–water partition coefficient (Wildman–Crippen LogP) is 2.24. The lowest BCUT2D eigenvalue weighted by Crippen LogP contribution is -2.31. The van der Waals surface area contributed by atoms with E-state index in [9.17, 15) is 0 Å². The fourth-order valence-electron chi connectivity index (χ4n) is 1.47. The highest BCUT2D eigenvalue weighted by Crippen LogP contribution is 2.17. The van der Waals surface area contributed by atoms with E-state index in [0.29, 0.717) is 17.7 Å². The molecule has 5 heteroatoms. The highest BCUT2D eigenvalue weighted by atomic mass is 35.5. The Kier molecular flexibility index (Phi) is 5.49. The average Bonchev–Trinajstić information content (AvgIpc) is 2.23. The standard InChI is InChI=1S/C11H18ClN3O/c1-9(2)8-15(4-5-16-3)10-6-11(12)14-13-7-10/h6-7,9H,4-5,8H2,1-3H3. The van der Waals surface area contributed by atoms with E-state index >= 15 is 0 Å². The molecule has 0 bridgehead atoms. The van der Waals surface area contributed by atoms with Crippen molar-refractivity contribution in [3.8, 4) is 0 Å². The lowest BCUT2D eigenvalue weighted by molar-refractivity contribution is 0.204. The van der Waals surface area contributed by atoms with Gasteiger partial charge >= 0.3 is 0 Å². The Morgan fingerprint density at radius 3 is 2.81 bits per heavy atom. The monoisotopic (exact) mass is 243 g/mol. The second-order valence-electron chi connectivity index (χ2n) is 4.07. The van der Waals surface area contributed by atoms with Gasteiger partial charge in [0.15, 0.2) is 5.15 Å². The van der Waals surface area contributed by atoms with Gasteiger partial charge in [-0.05, 0) is 5.92 Å². The predicted molar refractivity (Wildman–Crippen MR) is 66.0 cm³/mol. The Hall–Kier alpha value is -0.870. The third-order valence-corrected chi connectivity index (χ3v) is 2.31. The number of nitrogens with zero attached hydrogens (tertiary/aromatic N) is 3. The van der Waals surface area contributed by atoms with Crippen molar-refractivity contribution in [2.45, 2.75) is 13.8 Å². The lowest BCUT2D eigenvalue weighted by Gasteiger charge is -2.25. The van der Waals surface area contributed by atoms with Gasteiger partial charge < -0.3 is 9.64 Å². The lowest BCUT2D eigenvalue weighted by atomic mass is 10.2. The molecule has 0 aliphatic carbocycles. The largest absolute Gasteiger partial charge is 0.383 e. The summed E-state index contributed by atoms with van der Waals surface area (Å²) in [6, 6.07) is 1.83. The number of aromatic nitrogens is 2. The Balaban J connectivity index is 2.74. The molecule has 0 radical (unpaired) electrons. The first-order valence-corrected chi connectivity index (χ1v) is 5.73. The van der Waals surface area contributed by atoms with E-state index < -0.39 is 0 Å². The summed E-state index contributed by atoms with van der Waals surface area (Å²) in [6.45, 7) is 6.82. The van der Waals surface area contributed by atoms with Gasteiger partial charge in [-0.3, -0.25) is 0 Å². The zero-order valence-corrected chi connectivity index (χ0v) is 10.7. The van der Waals surface area contributed by atoms with Crippen LogP contribution in [0.2, 0.25) is 5.15 Å². The van der Waals surface area contributed by atoms with Crippen molar-refractivity contribution in [1.29, 1.82) is 0 Å². The molecule has 90 valence electrons. The van der Waals surface area contributed by atoms with Crippen molar-refractivity contribution in [1.82, 2.24) is 10.2 Å². The Morgan fingerprint density at radius 2 is 2.25 bits per heavy atom. The normalized spacial score (nSPS) is 10.8. The molecule has 0 aliphatic rings. The summed E-state index contributed by atoms with van der Waals surface area (Å²) >= 11 is 5.83. The fourth-order valence-corrected chi connectivity index (χ4v) is 1.63. The minimum absolute atomic E-state index is 0.420. The number of anilines is 1. The molecule has 1 aromatic rings. The van der Waals surface area contributed by atoms with Crippen LogP contribution in [0, 0.1) is 5.92 Å². The molecule has 1 heterocycles. The SMILES string of the molecule is COCCN(CC(C)C)c1cnnc(Cl)c1. The molecule has 0 spiro atoms. The Labute approximate surface area is 102 Å². The molecule has 0 N–H and O–H groups in total. The van der Waals surface area contributed by atoms with E-state index in [0.717, 1.165) is 18.8 Å². The molecule has 0 unspecified atom stereocenters. The van der Waals surface area contributed by atoms with E-state index in [-0.39, 0.29) is 0 Å². The first-order chi connectivity index (χ1) is 7.63. The third-order valence-electron chi connectivity index (χ3n) is 2.13. The van der Waals surface area contributed by atoms with Crippen LogP contribution >= 0.6 is 11.6 Å². The summed E-state index contributed by atoms with van der Waals surface area (Å²) in [5, 5.41) is 8.02. The van der Waals surface area contributed by atoms with Crippen LogP contribution in [-0.2, 0) is 4.74 Å². The van der Waals surface area contributed by atoms with Crippen molar-refractivity contribution in [3.63, 3.8) is 0 Å². The molecule has 0 atom stereocenters. The van der Waals surface area contributed by atoms with Crippen LogP contribution < -0.4 is 4.90 Å². The van der Waals surface area contributed by atoms with E-state index in [2.05, 4.69) is 28.9 Å². The molecule has 0 amide bonds. The number of halogens is 1. The maximum Gasteiger partial charge on any atom is 0.153 e. The molecule has 0 saturated heterocycles. The van der Waals surface area contributed by atoms with Crippen LogP contribution in [0.3, 0.4) is 0 Å². The molecule has 4 nitrogen and oxygen atoms in total. The van der Waals surface area contributed by atoms with Gasteiger partial charge in [-0.2, -0.15) is 5.10 Å². The number of methoxy groups -OCH3 is 1. The first-order valence-electron chi connectivity index (χ1n) is 5.35. The molecule has 0 fully saturated rings. The highest BCUT2D eigenvalue weighted by molar-refractivity contribution is 6.29.